The average Bonchev–Trinajstić information content (AvgIpc) is 3.52. The van der Waals surface area contributed by atoms with Gasteiger partial charge in [-0.1, -0.05) is 50.6 Å². The highest BCUT2D eigenvalue weighted by molar-refractivity contribution is 5.95. The van der Waals surface area contributed by atoms with Gasteiger partial charge in [0.1, 0.15) is 24.6 Å². The molecule has 0 aromatic carbocycles. The molecule has 208 valence electrons. The normalized spacial score (nSPS) is 30.3. The molecule has 2 amide bonds. The number of aliphatic hydroxyl groups is 1. The molecule has 1 saturated heterocycles. The number of fused-ring (bicyclic) bond motifs is 3. The minimum absolute atomic E-state index is 0.00515. The molecule has 38 heavy (non-hydrogen) atoms. The van der Waals surface area contributed by atoms with E-state index in [1.54, 1.807) is 25.2 Å². The highest BCUT2D eigenvalue weighted by atomic mass is 19.1. The number of halogens is 1. The van der Waals surface area contributed by atoms with Crippen LogP contribution in [0.4, 0.5) is 4.39 Å². The monoisotopic (exact) mass is 531 g/mol. The number of allylic oxidation sites excluding steroid dienone is 2. The van der Waals surface area contributed by atoms with Crippen molar-refractivity contribution in [2.75, 3.05) is 13.1 Å². The van der Waals surface area contributed by atoms with Crippen LogP contribution in [-0.4, -0.2) is 70.3 Å². The zero-order valence-corrected chi connectivity index (χ0v) is 22.4. The number of carbonyl (C=O) groups excluding carboxylic acids is 3. The maximum atomic E-state index is 14.6. The third kappa shape index (κ3) is 8.11. The fourth-order valence-corrected chi connectivity index (χ4v) is 4.74. The lowest BCUT2D eigenvalue weighted by Crippen LogP contribution is -2.44. The molecular weight excluding hydrogens is 493 g/mol. The standard InChI is InChI=1S/C28H38FN3O6/c1-17(2)26-19(4)9-10-24(34)30-11-5-7-18(3)13-21(33)14-20(29)15-25-31-22(16-37-25)27(35)32-12-6-8-23(32)28(36)38-26/h5,7,9-10,13,16-17,19-21,23,26,33H,6,8,11-12,14-15H2,1-4H3,(H,30,34)/b7-5-,10-9+,18-13?/t19-,20-,21-,23-,26-/m1/s1. The first-order chi connectivity index (χ1) is 18.0. The molecule has 1 aromatic heterocycles. The summed E-state index contributed by atoms with van der Waals surface area (Å²) in [7, 11) is 0. The van der Waals surface area contributed by atoms with Gasteiger partial charge in [-0.15, -0.1) is 0 Å². The third-order valence-corrected chi connectivity index (χ3v) is 6.66. The number of aromatic nitrogens is 1. The number of alkyl halides is 1. The Morgan fingerprint density at radius 2 is 2.00 bits per heavy atom. The predicted molar refractivity (Wildman–Crippen MR) is 139 cm³/mol. The number of hydrogen-bond donors (Lipinski definition) is 2. The molecule has 0 saturated carbocycles. The van der Waals surface area contributed by atoms with Crippen LogP contribution in [0.25, 0.3) is 0 Å². The van der Waals surface area contributed by atoms with Crippen molar-refractivity contribution >= 4 is 17.8 Å². The van der Waals surface area contributed by atoms with Crippen molar-refractivity contribution < 1.29 is 33.0 Å². The Kier molecular flexibility index (Phi) is 10.4. The smallest absolute Gasteiger partial charge is 0.329 e. The molecule has 5 atom stereocenters. The second kappa shape index (κ2) is 13.5. The van der Waals surface area contributed by atoms with E-state index >= 15 is 0 Å². The number of rotatable bonds is 1. The number of oxazole rings is 1. The summed E-state index contributed by atoms with van der Waals surface area (Å²) in [6.45, 7) is 8.13. The number of ether oxygens (including phenoxy) is 1. The Bertz CT molecular complexity index is 1080. The van der Waals surface area contributed by atoms with Crippen molar-refractivity contribution in [1.82, 2.24) is 15.2 Å². The largest absolute Gasteiger partial charge is 0.460 e. The summed E-state index contributed by atoms with van der Waals surface area (Å²) in [4.78, 5) is 44.1. The zero-order chi connectivity index (χ0) is 27.8. The molecule has 0 aliphatic carbocycles. The van der Waals surface area contributed by atoms with E-state index in [0.29, 0.717) is 25.0 Å². The van der Waals surface area contributed by atoms with Gasteiger partial charge < -0.3 is 24.5 Å². The van der Waals surface area contributed by atoms with Gasteiger partial charge in [0.15, 0.2) is 11.6 Å². The summed E-state index contributed by atoms with van der Waals surface area (Å²) in [5, 5.41) is 13.0. The summed E-state index contributed by atoms with van der Waals surface area (Å²) in [5.74, 6) is -1.51. The minimum atomic E-state index is -1.45. The van der Waals surface area contributed by atoms with Crippen LogP contribution in [0.5, 0.6) is 0 Å². The van der Waals surface area contributed by atoms with Gasteiger partial charge >= 0.3 is 5.97 Å². The van der Waals surface area contributed by atoms with Gasteiger partial charge in [-0.05, 0) is 31.8 Å². The van der Waals surface area contributed by atoms with Gasteiger partial charge in [0.25, 0.3) is 5.91 Å². The number of nitrogens with one attached hydrogen (secondary N) is 1. The Balaban J connectivity index is 1.85. The van der Waals surface area contributed by atoms with Crippen molar-refractivity contribution in [3.8, 4) is 0 Å². The first kappa shape index (κ1) is 29.3. The Labute approximate surface area is 222 Å². The van der Waals surface area contributed by atoms with Crippen molar-refractivity contribution in [3.63, 3.8) is 0 Å². The number of nitrogens with zero attached hydrogens (tertiary/aromatic N) is 2. The molecule has 2 bridgehead atoms. The molecule has 2 aliphatic heterocycles. The van der Waals surface area contributed by atoms with E-state index in [-0.39, 0.29) is 48.7 Å². The molecule has 10 heteroatoms. The molecule has 2 aliphatic rings. The SMILES string of the molecule is CC1=C[C@@H](O)C[C@@H](F)Cc2nc(co2)C(=O)N2CCC[C@@H]2C(=O)O[C@H](C(C)C)[C@H](C)/C=C/C(=O)NC/C=C\1. The lowest BCUT2D eigenvalue weighted by Gasteiger charge is -2.29. The summed E-state index contributed by atoms with van der Waals surface area (Å²) in [6, 6.07) is -0.768. The lowest BCUT2D eigenvalue weighted by atomic mass is 9.94. The lowest BCUT2D eigenvalue weighted by molar-refractivity contribution is -0.158. The van der Waals surface area contributed by atoms with Gasteiger partial charge in [0.2, 0.25) is 5.91 Å². The predicted octanol–water partition coefficient (Wildman–Crippen LogP) is 3.30. The Morgan fingerprint density at radius 3 is 2.74 bits per heavy atom. The molecule has 0 spiro atoms. The van der Waals surface area contributed by atoms with Crippen molar-refractivity contribution in [2.24, 2.45) is 11.8 Å². The van der Waals surface area contributed by atoms with Crippen molar-refractivity contribution in [2.45, 2.75) is 77.8 Å². The van der Waals surface area contributed by atoms with Crippen molar-refractivity contribution in [3.05, 3.63) is 53.8 Å². The zero-order valence-electron chi connectivity index (χ0n) is 22.4. The van der Waals surface area contributed by atoms with Crippen LogP contribution in [0.1, 0.15) is 63.3 Å². The van der Waals surface area contributed by atoms with Crippen LogP contribution in [0.3, 0.4) is 0 Å². The maximum absolute atomic E-state index is 14.6. The number of cyclic esters (lactones) is 1. The molecule has 0 unspecified atom stereocenters. The summed E-state index contributed by atoms with van der Waals surface area (Å²) in [5.41, 5.74) is 0.710. The minimum Gasteiger partial charge on any atom is -0.460 e. The van der Waals surface area contributed by atoms with Crippen LogP contribution in [0, 0.1) is 11.8 Å². The van der Waals surface area contributed by atoms with E-state index in [1.807, 2.05) is 20.8 Å². The second-order valence-corrected chi connectivity index (χ2v) is 10.3. The van der Waals surface area contributed by atoms with Gasteiger partial charge in [-0.3, -0.25) is 9.59 Å². The van der Waals surface area contributed by atoms with Gasteiger partial charge in [-0.25, -0.2) is 14.2 Å². The highest BCUT2D eigenvalue weighted by Crippen LogP contribution is 2.25. The molecule has 2 N–H and O–H groups in total. The highest BCUT2D eigenvalue weighted by Gasteiger charge is 2.38. The van der Waals surface area contributed by atoms with E-state index < -0.39 is 36.3 Å². The molecule has 1 fully saturated rings. The molecule has 0 radical (unpaired) electrons. The second-order valence-electron chi connectivity index (χ2n) is 10.3. The quantitative estimate of drug-likeness (QED) is 0.533. The first-order valence-corrected chi connectivity index (χ1v) is 13.1. The molecule has 1 aromatic rings. The molecule has 3 heterocycles. The number of carbonyl (C=O) groups is 3. The number of amides is 2. The summed E-state index contributed by atoms with van der Waals surface area (Å²) >= 11 is 0. The fourth-order valence-electron chi connectivity index (χ4n) is 4.74. The van der Waals surface area contributed by atoms with E-state index in [1.165, 1.54) is 23.3 Å². The number of hydrogen-bond acceptors (Lipinski definition) is 7. The summed E-state index contributed by atoms with van der Waals surface area (Å²) in [6.07, 6.45) is 7.01. The van der Waals surface area contributed by atoms with Crippen LogP contribution < -0.4 is 5.32 Å². The topological polar surface area (TPSA) is 122 Å². The fraction of sp³-hybridized carbons (Fsp3) is 0.571. The van der Waals surface area contributed by atoms with Crippen molar-refractivity contribution in [1.29, 1.82) is 0 Å². The van der Waals surface area contributed by atoms with Crippen LogP contribution in [0.15, 0.2) is 46.6 Å². The number of esters is 1. The van der Waals surface area contributed by atoms with Gasteiger partial charge in [-0.2, -0.15) is 0 Å². The maximum Gasteiger partial charge on any atom is 0.329 e. The molecule has 9 nitrogen and oxygen atoms in total. The van der Waals surface area contributed by atoms with E-state index in [2.05, 4.69) is 10.3 Å². The first-order valence-electron chi connectivity index (χ1n) is 13.1. The van der Waals surface area contributed by atoms with Crippen LogP contribution in [-0.2, 0) is 20.7 Å². The number of aliphatic hydroxyl groups excluding tert-OH is 1. The van der Waals surface area contributed by atoms with Crippen LogP contribution in [0.2, 0.25) is 0 Å². The third-order valence-electron chi connectivity index (χ3n) is 6.66. The Morgan fingerprint density at radius 1 is 1.24 bits per heavy atom. The molecule has 3 rings (SSSR count). The van der Waals surface area contributed by atoms with Gasteiger partial charge in [0.05, 0.1) is 12.5 Å². The van der Waals surface area contributed by atoms with Crippen LogP contribution >= 0.6 is 0 Å². The van der Waals surface area contributed by atoms with E-state index in [9.17, 15) is 23.9 Å². The van der Waals surface area contributed by atoms with E-state index in [4.69, 9.17) is 9.15 Å². The summed E-state index contributed by atoms with van der Waals surface area (Å²) < 4.78 is 25.8. The van der Waals surface area contributed by atoms with E-state index in [0.717, 1.165) is 0 Å². The molecular formula is C28H38FN3O6. The van der Waals surface area contributed by atoms with Gasteiger partial charge in [0, 0.05) is 25.4 Å². The Hall–Kier alpha value is -3.27. The average molecular weight is 532 g/mol.